The van der Waals surface area contributed by atoms with Gasteiger partial charge in [0.25, 0.3) is 0 Å². The molecule has 2 amide bonds. The number of carbonyl (C=O) groups is 3. The third kappa shape index (κ3) is 4.23. The summed E-state index contributed by atoms with van der Waals surface area (Å²) in [6.07, 6.45) is 4.51. The minimum absolute atomic E-state index is 0.0611. The number of hydrogen-bond acceptors (Lipinski definition) is 7. The summed E-state index contributed by atoms with van der Waals surface area (Å²) in [5.74, 6) is -1.66. The number of unbranched alkanes of at least 4 members (excludes halogenated alkanes) is 2. The Morgan fingerprint density at radius 3 is 2.47 bits per heavy atom. The Balaban J connectivity index is 1.41. The van der Waals surface area contributed by atoms with Crippen LogP contribution in [0.4, 0.5) is 9.59 Å². The molecule has 1 aromatic carbocycles. The third-order valence-corrected chi connectivity index (χ3v) is 12.4. The topological polar surface area (TPSA) is 128 Å². The number of amides is 2. The van der Waals surface area contributed by atoms with Crippen molar-refractivity contribution in [3.8, 4) is 0 Å². The van der Waals surface area contributed by atoms with Crippen molar-refractivity contribution >= 4 is 28.8 Å². The number of fused-ring (bicyclic) bond motifs is 9. The second kappa shape index (κ2) is 10.9. The monoisotopic (exact) mass is 647 g/mol. The quantitative estimate of drug-likeness (QED) is 0.331. The van der Waals surface area contributed by atoms with Gasteiger partial charge in [-0.2, -0.15) is 0 Å². The zero-order valence-electron chi connectivity index (χ0n) is 28.5. The van der Waals surface area contributed by atoms with Gasteiger partial charge in [-0.3, -0.25) is 9.36 Å². The Bertz CT molecular complexity index is 1680. The minimum Gasteiger partial charge on any atom is -0.443 e. The average molecular weight is 648 g/mol. The molecule has 3 N–H and O–H groups in total. The van der Waals surface area contributed by atoms with Gasteiger partial charge in [0.05, 0.1) is 5.52 Å². The van der Waals surface area contributed by atoms with Crippen LogP contribution in [0.15, 0.2) is 35.9 Å². The van der Waals surface area contributed by atoms with Gasteiger partial charge in [-0.1, -0.05) is 58.7 Å². The Labute approximate surface area is 276 Å². The van der Waals surface area contributed by atoms with Crippen molar-refractivity contribution < 1.29 is 33.7 Å². The summed E-state index contributed by atoms with van der Waals surface area (Å²) in [6.45, 7) is 13.0. The van der Waals surface area contributed by atoms with Gasteiger partial charge in [-0.25, -0.2) is 9.59 Å². The van der Waals surface area contributed by atoms with Crippen molar-refractivity contribution in [1.29, 1.82) is 0 Å². The summed E-state index contributed by atoms with van der Waals surface area (Å²) in [4.78, 5) is 41.1. The molecule has 1 spiro atoms. The first kappa shape index (κ1) is 32.3. The molecule has 7 atom stereocenters. The largest absolute Gasteiger partial charge is 0.443 e. The van der Waals surface area contributed by atoms with Gasteiger partial charge < -0.3 is 30.0 Å². The molecule has 2 saturated carbocycles. The number of nitrogens with zero attached hydrogens (tertiary/aromatic N) is 1. The molecule has 3 fully saturated rings. The van der Waals surface area contributed by atoms with E-state index >= 15 is 0 Å². The molecule has 47 heavy (non-hydrogen) atoms. The van der Waals surface area contributed by atoms with E-state index in [1.807, 2.05) is 50.5 Å². The molecule has 1 saturated heterocycles. The number of carbonyl (C=O) groups excluding carboxylic acids is 3. The number of benzene rings is 1. The fraction of sp³-hybridized carbons (Fsp3) is 0.649. The van der Waals surface area contributed by atoms with E-state index in [0.29, 0.717) is 44.3 Å². The van der Waals surface area contributed by atoms with E-state index in [4.69, 9.17) is 14.2 Å². The van der Waals surface area contributed by atoms with Crippen LogP contribution < -0.4 is 10.6 Å². The predicted molar refractivity (Wildman–Crippen MR) is 176 cm³/mol. The molecule has 7 rings (SSSR count). The standard InChI is InChI=1S/C37H49N3O7/c1-7-9-17-38-31(42)40-25-14-12-11-13-23(25)24-19-22-20-28(45-32(43)39-18-10-8-2)37(44)27-21-26(41)30-33(3,4)47-36(27,46-30)16-15-34(37,5)35(22,6)29(24)40/h11-14,21-22,28,30,44H,7-10,15-20H2,1-6H3,(H,38,42)(H,39,43)/t22-,28+,30-,34-,35-,36+,37+/m1/s1. The average Bonchev–Trinajstić information content (AvgIpc) is 3.60. The molecular formula is C37H49N3O7. The highest BCUT2D eigenvalue weighted by Gasteiger charge is 2.78. The summed E-state index contributed by atoms with van der Waals surface area (Å²) < 4.78 is 21.1. The lowest BCUT2D eigenvalue weighted by molar-refractivity contribution is -0.273. The molecule has 5 aliphatic rings. The van der Waals surface area contributed by atoms with Crippen LogP contribution >= 0.6 is 0 Å². The third-order valence-electron chi connectivity index (χ3n) is 12.4. The van der Waals surface area contributed by atoms with Crippen LogP contribution in [0.2, 0.25) is 0 Å². The van der Waals surface area contributed by atoms with Crippen LogP contribution in [-0.4, -0.2) is 69.9 Å². The number of ether oxygens (including phenoxy) is 3. The number of hydrogen-bond donors (Lipinski definition) is 3. The number of aromatic nitrogens is 1. The molecule has 3 heterocycles. The van der Waals surface area contributed by atoms with Crippen LogP contribution in [0.25, 0.3) is 10.9 Å². The zero-order valence-corrected chi connectivity index (χ0v) is 28.5. The van der Waals surface area contributed by atoms with Crippen molar-refractivity contribution in [3.63, 3.8) is 0 Å². The molecule has 2 aliphatic heterocycles. The van der Waals surface area contributed by atoms with E-state index in [1.165, 1.54) is 6.08 Å². The Hall–Kier alpha value is -3.21. The Kier molecular flexibility index (Phi) is 7.50. The SMILES string of the molecule is CCCCNC(=O)O[C@H]1C[C@H]2Cc3c(n(C(=O)NCCCC)c4ccccc34)[C@]2(C)[C@@]2(C)CC[C@@]34O[C@H](C(=O)C=C3[C@]12O)C(C)(C)O4. The van der Waals surface area contributed by atoms with E-state index in [2.05, 4.69) is 30.5 Å². The molecule has 0 radical (unpaired) electrons. The lowest BCUT2D eigenvalue weighted by Crippen LogP contribution is -2.75. The molecular weight excluding hydrogens is 598 g/mol. The number of alkyl carbamates (subject to hydrolysis) is 1. The maximum atomic E-state index is 14.1. The van der Waals surface area contributed by atoms with Crippen LogP contribution in [0.3, 0.4) is 0 Å². The zero-order chi connectivity index (χ0) is 33.6. The first-order valence-electron chi connectivity index (χ1n) is 17.5. The molecule has 3 aliphatic carbocycles. The maximum absolute atomic E-state index is 14.1. The molecule has 1 aromatic heterocycles. The maximum Gasteiger partial charge on any atom is 0.407 e. The predicted octanol–water partition coefficient (Wildman–Crippen LogP) is 5.66. The van der Waals surface area contributed by atoms with E-state index in [0.717, 1.165) is 47.8 Å². The number of rotatable bonds is 7. The molecule has 2 aromatic rings. The Morgan fingerprint density at radius 2 is 1.74 bits per heavy atom. The van der Waals surface area contributed by atoms with Crippen LogP contribution in [0, 0.1) is 11.3 Å². The molecule has 254 valence electrons. The fourth-order valence-corrected chi connectivity index (χ4v) is 9.91. The lowest BCUT2D eigenvalue weighted by Gasteiger charge is -2.67. The molecule has 2 bridgehead atoms. The first-order chi connectivity index (χ1) is 22.3. The second-order valence-electron chi connectivity index (χ2n) is 15.3. The Morgan fingerprint density at radius 1 is 1.04 bits per heavy atom. The van der Waals surface area contributed by atoms with Crippen molar-refractivity contribution in [2.45, 2.75) is 128 Å². The van der Waals surface area contributed by atoms with Crippen molar-refractivity contribution in [2.24, 2.45) is 11.3 Å². The number of aliphatic hydroxyl groups is 1. The summed E-state index contributed by atoms with van der Waals surface area (Å²) in [6, 6.07) is 7.80. The van der Waals surface area contributed by atoms with Crippen LogP contribution in [0.1, 0.15) is 97.7 Å². The minimum atomic E-state index is -1.85. The van der Waals surface area contributed by atoms with Gasteiger partial charge in [0, 0.05) is 47.0 Å². The van der Waals surface area contributed by atoms with Crippen molar-refractivity contribution in [3.05, 3.63) is 47.2 Å². The van der Waals surface area contributed by atoms with Gasteiger partial charge in [-0.15, -0.1) is 0 Å². The van der Waals surface area contributed by atoms with Crippen molar-refractivity contribution in [2.75, 3.05) is 13.1 Å². The summed E-state index contributed by atoms with van der Waals surface area (Å²) in [5.41, 5.74) is -1.39. The lowest BCUT2D eigenvalue weighted by atomic mass is 9.41. The van der Waals surface area contributed by atoms with E-state index in [-0.39, 0.29) is 17.7 Å². The molecule has 0 unspecified atom stereocenters. The summed E-state index contributed by atoms with van der Waals surface area (Å²) in [7, 11) is 0. The molecule has 10 nitrogen and oxygen atoms in total. The summed E-state index contributed by atoms with van der Waals surface area (Å²) >= 11 is 0. The van der Waals surface area contributed by atoms with E-state index in [1.54, 1.807) is 0 Å². The van der Waals surface area contributed by atoms with Gasteiger partial charge in [-0.05, 0) is 69.6 Å². The van der Waals surface area contributed by atoms with Crippen molar-refractivity contribution in [1.82, 2.24) is 15.2 Å². The number of para-hydroxylation sites is 1. The second-order valence-corrected chi connectivity index (χ2v) is 15.3. The van der Waals surface area contributed by atoms with Crippen LogP contribution in [0.5, 0.6) is 0 Å². The highest BCUT2D eigenvalue weighted by Crippen LogP contribution is 2.72. The van der Waals surface area contributed by atoms with Gasteiger partial charge >= 0.3 is 12.1 Å². The number of nitrogens with one attached hydrogen (secondary N) is 2. The highest BCUT2D eigenvalue weighted by atomic mass is 16.8. The highest BCUT2D eigenvalue weighted by molar-refractivity contribution is 5.98. The normalized spacial score (nSPS) is 36.2. The first-order valence-corrected chi connectivity index (χ1v) is 17.5. The van der Waals surface area contributed by atoms with Crippen LogP contribution in [-0.2, 0) is 30.8 Å². The van der Waals surface area contributed by atoms with Gasteiger partial charge in [0.2, 0.25) is 0 Å². The molecule has 10 heteroatoms. The van der Waals surface area contributed by atoms with E-state index in [9.17, 15) is 19.5 Å². The van der Waals surface area contributed by atoms with Gasteiger partial charge in [0.1, 0.15) is 17.3 Å². The smallest absolute Gasteiger partial charge is 0.407 e. The van der Waals surface area contributed by atoms with Gasteiger partial charge in [0.15, 0.2) is 17.7 Å². The van der Waals surface area contributed by atoms with E-state index < -0.39 is 46.1 Å². The summed E-state index contributed by atoms with van der Waals surface area (Å²) in [5, 5.41) is 20.6. The fourth-order valence-electron chi connectivity index (χ4n) is 9.91. The number of ketones is 1.